The molecule has 1 atom stereocenters. The maximum absolute atomic E-state index is 2.96. The van der Waals surface area contributed by atoms with Gasteiger partial charge in [0.25, 0.3) is 0 Å². The van der Waals surface area contributed by atoms with Gasteiger partial charge in [-0.3, -0.25) is 0 Å². The summed E-state index contributed by atoms with van der Waals surface area (Å²) in [5.74, 6) is 2.96. The minimum absolute atomic E-state index is 0.537. The molecule has 0 aliphatic rings. The monoisotopic (exact) mass is 66.1 g/mol. The van der Waals surface area contributed by atoms with Gasteiger partial charge in [0, 0.05) is 0 Å². The summed E-state index contributed by atoms with van der Waals surface area (Å²) < 4.78 is 3.35. The first kappa shape index (κ1) is 6.75. The molecule has 0 saturated heterocycles. The Balaban J connectivity index is 3.20. The van der Waals surface area contributed by atoms with Gasteiger partial charge in [-0.25, -0.2) is 0 Å². The second-order valence-electron chi connectivity index (χ2n) is 1.55. The first-order chi connectivity index (χ1) is 2.77. The van der Waals surface area contributed by atoms with Gasteiger partial charge in [-0.05, 0) is 0 Å². The average Bonchev–Trinajstić information content (AvgIpc) is 1.35. The molecule has 0 aromatic carbocycles. The summed E-state index contributed by atoms with van der Waals surface area (Å²) in [6.07, 6.45) is 0. The third-order valence-electron chi connectivity index (χ3n) is 0.433. The third kappa shape index (κ3) is 4.75. The van der Waals surface area contributed by atoms with Crippen LogP contribution in [0.5, 0.6) is 0 Å². The van der Waals surface area contributed by atoms with E-state index in [0.29, 0.717) is 4.59 Å². The van der Waals surface area contributed by atoms with Gasteiger partial charge in [-0.1, -0.05) is 0 Å². The van der Waals surface area contributed by atoms with E-state index >= 15 is 0 Å². The Morgan fingerprint density at radius 1 is 1.67 bits per heavy atom. The van der Waals surface area contributed by atoms with E-state index in [1.54, 1.807) is 0 Å². The van der Waals surface area contributed by atoms with Crippen molar-refractivity contribution in [2.45, 2.75) is 11.5 Å². The van der Waals surface area contributed by atoms with Crippen LogP contribution in [-0.4, -0.2) is 35.4 Å². The molecule has 0 amide bonds. The molecule has 22 valence electrons. The molecular weight excluding hydrogens is 61.9 g/mol. The Hall–Kier alpha value is 0.755. The Morgan fingerprint density at radius 3 is 2.17 bits per heavy atom. The number of hydrogen-bond acceptors (Lipinski definition) is 0. The van der Waals surface area contributed by atoms with Gasteiger partial charge in [-0.2, -0.15) is 0 Å². The van der Waals surface area contributed by atoms with Crippen LogP contribution in [0.1, 0.15) is 6.92 Å². The average molecular weight is 66.0 g/mol. The van der Waals surface area contributed by atoms with E-state index in [1.807, 2.05) is 17.7 Å². The fourth-order valence-electron chi connectivity index (χ4n) is 0.289. The summed E-state index contributed by atoms with van der Waals surface area (Å²) in [5, 5.41) is 0. The van der Waals surface area contributed by atoms with Crippen LogP contribution in [0.3, 0.4) is 0 Å². The van der Waals surface area contributed by atoms with Crippen molar-refractivity contribution in [2.75, 3.05) is 0 Å². The van der Waals surface area contributed by atoms with E-state index in [1.165, 1.54) is 0 Å². The molecule has 0 nitrogen and oxygen atoms in total. The van der Waals surface area contributed by atoms with Crippen molar-refractivity contribution in [1.29, 1.82) is 0 Å². The standard InChI is InChI=1S/C4H4.2Li/c1-3-4-2;;/h3H,1H3;;. The van der Waals surface area contributed by atoms with Gasteiger partial charge in [0.1, 0.15) is 0 Å². The van der Waals surface area contributed by atoms with Crippen molar-refractivity contribution in [3.8, 4) is 10.5 Å². The van der Waals surface area contributed by atoms with E-state index in [0.717, 1.165) is 0 Å². The Kier molecular flexibility index (Phi) is 4.42. The third-order valence-corrected chi connectivity index (χ3v) is 0.433. The summed E-state index contributed by atoms with van der Waals surface area (Å²) in [6.45, 7) is 2.08. The predicted octanol–water partition coefficient (Wildman–Crippen LogP) is 0.0927. The number of hydrogen-bond donors (Lipinski definition) is 0. The molecule has 0 aromatic rings. The van der Waals surface area contributed by atoms with Gasteiger partial charge in [0.05, 0.1) is 0 Å². The fourth-order valence-corrected chi connectivity index (χ4v) is 0.289. The molecule has 0 saturated carbocycles. The molecule has 0 spiro atoms. The molecule has 0 rings (SSSR count). The van der Waals surface area contributed by atoms with Crippen LogP contribution < -0.4 is 0 Å². The Bertz CT molecular complexity index is 75.3. The molecule has 0 aliphatic heterocycles. The van der Waals surface area contributed by atoms with Crippen LogP contribution in [0.25, 0.3) is 0 Å². The fraction of sp³-hybridized carbons (Fsp3) is 0.500. The van der Waals surface area contributed by atoms with E-state index < -0.39 is 0 Å². The van der Waals surface area contributed by atoms with Gasteiger partial charge < -0.3 is 0 Å². The molecule has 0 bridgehead atoms. The summed E-state index contributed by atoms with van der Waals surface area (Å²) in [6, 6.07) is 0. The van der Waals surface area contributed by atoms with Crippen molar-refractivity contribution < 1.29 is 0 Å². The molecule has 0 radical (unpaired) electrons. The first-order valence-electron chi connectivity index (χ1n) is 2.19. The van der Waals surface area contributed by atoms with Crippen molar-refractivity contribution in [3.05, 3.63) is 0 Å². The molecule has 6 heavy (non-hydrogen) atoms. The van der Waals surface area contributed by atoms with Crippen molar-refractivity contribution in [2.24, 2.45) is 0 Å². The van der Waals surface area contributed by atoms with Crippen LogP contribution in [0.4, 0.5) is 0 Å². The van der Waals surface area contributed by atoms with Crippen molar-refractivity contribution in [1.82, 2.24) is 0 Å². The molecule has 2 heteroatoms. The molecule has 0 heterocycles. The minimum atomic E-state index is 0.537. The SMILES string of the molecule is [Li][C]#C[CH]([Li])C. The zero-order valence-corrected chi connectivity index (χ0v) is 4.58. The summed E-state index contributed by atoms with van der Waals surface area (Å²) >= 11 is 3.94. The normalized spacial score (nSPS) is 12.2. The van der Waals surface area contributed by atoms with E-state index in [2.05, 4.69) is 35.2 Å². The van der Waals surface area contributed by atoms with E-state index in [4.69, 9.17) is 0 Å². The summed E-state index contributed by atoms with van der Waals surface area (Å²) in [4.78, 5) is 0. The van der Waals surface area contributed by atoms with Crippen molar-refractivity contribution >= 4 is 35.4 Å². The van der Waals surface area contributed by atoms with Crippen molar-refractivity contribution in [3.63, 3.8) is 0 Å². The molecule has 0 aliphatic carbocycles. The second kappa shape index (κ2) is 3.93. The first-order valence-corrected chi connectivity index (χ1v) is 2.19. The maximum atomic E-state index is 2.96. The van der Waals surface area contributed by atoms with Crippen LogP contribution in [-0.2, 0) is 0 Å². The van der Waals surface area contributed by atoms with Crippen LogP contribution in [0.2, 0.25) is 4.59 Å². The molecule has 0 N–H and O–H groups in total. The molecular formula is C4H4Li2. The topological polar surface area (TPSA) is 0 Å². The molecule has 0 fully saturated rings. The summed E-state index contributed by atoms with van der Waals surface area (Å²) in [5.41, 5.74) is 0. The number of rotatable bonds is 0. The zero-order chi connectivity index (χ0) is 4.99. The van der Waals surface area contributed by atoms with Crippen LogP contribution >= 0.6 is 0 Å². The van der Waals surface area contributed by atoms with Crippen LogP contribution in [0, 0.1) is 10.5 Å². The Morgan fingerprint density at radius 2 is 2.17 bits per heavy atom. The second-order valence-corrected chi connectivity index (χ2v) is 1.55. The van der Waals surface area contributed by atoms with Crippen LogP contribution in [0.15, 0.2) is 0 Å². The quantitative estimate of drug-likeness (QED) is 0.277. The van der Waals surface area contributed by atoms with Gasteiger partial charge in [-0.15, -0.1) is 0 Å². The van der Waals surface area contributed by atoms with Gasteiger partial charge in [0.15, 0.2) is 0 Å². The molecule has 0 aromatic heterocycles. The van der Waals surface area contributed by atoms with E-state index in [9.17, 15) is 0 Å². The predicted molar refractivity (Wildman–Crippen MR) is 28.7 cm³/mol. The van der Waals surface area contributed by atoms with Gasteiger partial charge in [0.2, 0.25) is 0 Å². The van der Waals surface area contributed by atoms with Gasteiger partial charge >= 0.3 is 57.5 Å². The molecule has 1 unspecified atom stereocenters. The van der Waals surface area contributed by atoms with E-state index in [-0.39, 0.29) is 0 Å². The summed E-state index contributed by atoms with van der Waals surface area (Å²) in [7, 11) is 0. The zero-order valence-electron chi connectivity index (χ0n) is 4.58. The Labute approximate surface area is 57.5 Å².